The van der Waals surface area contributed by atoms with Crippen molar-refractivity contribution in [2.75, 3.05) is 5.73 Å². The van der Waals surface area contributed by atoms with Gasteiger partial charge in [0.15, 0.2) is 0 Å². The van der Waals surface area contributed by atoms with Crippen molar-refractivity contribution >= 4 is 28.3 Å². The van der Waals surface area contributed by atoms with E-state index in [0.717, 1.165) is 16.6 Å². The Morgan fingerprint density at radius 1 is 1.21 bits per heavy atom. The number of benzene rings is 2. The number of rotatable bonds is 2. The highest BCUT2D eigenvalue weighted by atomic mass is 35.5. The Balaban J connectivity index is 1.98. The molecule has 96 valence electrons. The van der Waals surface area contributed by atoms with Crippen molar-refractivity contribution in [2.45, 2.75) is 6.54 Å². The third-order valence-corrected chi connectivity index (χ3v) is 3.27. The number of nitrogens with two attached hydrogens (primary N) is 1. The fraction of sp³-hybridized carbons (Fsp3) is 0.0714. The number of nitrogens with zero attached hydrogens (tertiary/aromatic N) is 2. The number of aromatic nitrogens is 2. The van der Waals surface area contributed by atoms with E-state index in [2.05, 4.69) is 4.98 Å². The zero-order valence-electron chi connectivity index (χ0n) is 9.98. The number of halogens is 2. The molecule has 3 rings (SSSR count). The summed E-state index contributed by atoms with van der Waals surface area (Å²) < 4.78 is 15.1. The van der Waals surface area contributed by atoms with E-state index in [1.165, 1.54) is 6.07 Å². The minimum atomic E-state index is -0.409. The second kappa shape index (κ2) is 4.55. The van der Waals surface area contributed by atoms with Gasteiger partial charge in [-0.15, -0.1) is 0 Å². The second-order valence-electron chi connectivity index (χ2n) is 4.37. The molecule has 19 heavy (non-hydrogen) atoms. The summed E-state index contributed by atoms with van der Waals surface area (Å²) in [6.07, 6.45) is 1.74. The Bertz CT molecular complexity index is 752. The Labute approximate surface area is 114 Å². The minimum absolute atomic E-state index is 0.131. The van der Waals surface area contributed by atoms with Crippen LogP contribution in [0.15, 0.2) is 42.7 Å². The van der Waals surface area contributed by atoms with Gasteiger partial charge in [-0.25, -0.2) is 9.37 Å². The molecule has 1 heterocycles. The lowest BCUT2D eigenvalue weighted by molar-refractivity contribution is 0.627. The summed E-state index contributed by atoms with van der Waals surface area (Å²) in [6, 6.07) is 10.3. The van der Waals surface area contributed by atoms with Gasteiger partial charge in [0.2, 0.25) is 0 Å². The third-order valence-electron chi connectivity index (χ3n) is 2.98. The van der Waals surface area contributed by atoms with Gasteiger partial charge in [-0.1, -0.05) is 17.7 Å². The lowest BCUT2D eigenvalue weighted by Gasteiger charge is -2.05. The number of imidazole rings is 1. The number of hydrogen-bond acceptors (Lipinski definition) is 2. The molecule has 3 aromatic rings. The Hall–Kier alpha value is -2.07. The van der Waals surface area contributed by atoms with E-state index in [1.54, 1.807) is 18.5 Å². The quantitative estimate of drug-likeness (QED) is 0.728. The van der Waals surface area contributed by atoms with E-state index >= 15 is 0 Å². The van der Waals surface area contributed by atoms with Crippen LogP contribution in [0.4, 0.5) is 10.1 Å². The molecule has 0 aliphatic heterocycles. The first-order chi connectivity index (χ1) is 9.13. The molecule has 0 spiro atoms. The van der Waals surface area contributed by atoms with Gasteiger partial charge in [0.1, 0.15) is 5.82 Å². The highest BCUT2D eigenvalue weighted by Crippen LogP contribution is 2.20. The average Bonchev–Trinajstić information content (AvgIpc) is 2.76. The van der Waals surface area contributed by atoms with Crippen LogP contribution >= 0.6 is 11.6 Å². The molecule has 2 N–H and O–H groups in total. The van der Waals surface area contributed by atoms with Gasteiger partial charge >= 0.3 is 0 Å². The van der Waals surface area contributed by atoms with Crippen LogP contribution in [-0.2, 0) is 6.54 Å². The molecule has 0 atom stereocenters. The van der Waals surface area contributed by atoms with Crippen molar-refractivity contribution in [1.29, 1.82) is 0 Å². The van der Waals surface area contributed by atoms with Crippen molar-refractivity contribution in [1.82, 2.24) is 9.55 Å². The molecule has 0 amide bonds. The normalized spacial score (nSPS) is 11.1. The molecule has 0 radical (unpaired) electrons. The Morgan fingerprint density at radius 3 is 2.84 bits per heavy atom. The molecule has 3 nitrogen and oxygen atoms in total. The van der Waals surface area contributed by atoms with E-state index in [0.29, 0.717) is 12.2 Å². The molecule has 0 bridgehead atoms. The zero-order valence-corrected chi connectivity index (χ0v) is 10.7. The summed E-state index contributed by atoms with van der Waals surface area (Å²) in [5.74, 6) is -0.409. The highest BCUT2D eigenvalue weighted by molar-refractivity contribution is 6.30. The first-order valence-electron chi connectivity index (χ1n) is 5.78. The van der Waals surface area contributed by atoms with Crippen molar-refractivity contribution < 1.29 is 4.39 Å². The SMILES string of the molecule is Nc1ccc2c(c1)ncn2Cc1ccc(F)c(Cl)c1. The summed E-state index contributed by atoms with van der Waals surface area (Å²) in [4.78, 5) is 4.29. The van der Waals surface area contributed by atoms with Gasteiger partial charge in [0, 0.05) is 12.2 Å². The fourth-order valence-corrected chi connectivity index (χ4v) is 2.24. The molecule has 0 fully saturated rings. The second-order valence-corrected chi connectivity index (χ2v) is 4.78. The summed E-state index contributed by atoms with van der Waals surface area (Å²) >= 11 is 5.78. The van der Waals surface area contributed by atoms with Crippen molar-refractivity contribution in [3.05, 3.63) is 59.1 Å². The molecule has 2 aromatic carbocycles. The molecule has 0 aliphatic rings. The minimum Gasteiger partial charge on any atom is -0.399 e. The molecular weight excluding hydrogens is 265 g/mol. The van der Waals surface area contributed by atoms with Gasteiger partial charge in [0.05, 0.1) is 22.4 Å². The number of fused-ring (bicyclic) bond motifs is 1. The maximum Gasteiger partial charge on any atom is 0.141 e. The van der Waals surface area contributed by atoms with E-state index in [1.807, 2.05) is 22.8 Å². The van der Waals surface area contributed by atoms with Gasteiger partial charge in [-0.05, 0) is 35.9 Å². The summed E-state index contributed by atoms with van der Waals surface area (Å²) in [6.45, 7) is 0.584. The van der Waals surface area contributed by atoms with Crippen LogP contribution in [0.3, 0.4) is 0 Å². The van der Waals surface area contributed by atoms with Gasteiger partial charge in [-0.3, -0.25) is 0 Å². The molecular formula is C14H11ClFN3. The van der Waals surface area contributed by atoms with E-state index in [9.17, 15) is 4.39 Å². The zero-order chi connectivity index (χ0) is 13.4. The van der Waals surface area contributed by atoms with E-state index < -0.39 is 5.82 Å². The maximum atomic E-state index is 13.1. The van der Waals surface area contributed by atoms with Crippen LogP contribution in [-0.4, -0.2) is 9.55 Å². The topological polar surface area (TPSA) is 43.8 Å². The van der Waals surface area contributed by atoms with Crippen LogP contribution < -0.4 is 5.73 Å². The predicted molar refractivity (Wildman–Crippen MR) is 74.7 cm³/mol. The standard InChI is InChI=1S/C14H11ClFN3/c15-11-5-9(1-3-12(11)16)7-19-8-18-13-6-10(17)2-4-14(13)19/h1-6,8H,7,17H2. The number of anilines is 1. The van der Waals surface area contributed by atoms with Crippen LogP contribution in [0.2, 0.25) is 5.02 Å². The first kappa shape index (κ1) is 12.0. The van der Waals surface area contributed by atoms with Crippen LogP contribution in [0, 0.1) is 5.82 Å². The van der Waals surface area contributed by atoms with Crippen molar-refractivity contribution in [3.8, 4) is 0 Å². The lowest BCUT2D eigenvalue weighted by atomic mass is 10.2. The molecule has 0 saturated heterocycles. The Morgan fingerprint density at radius 2 is 2.05 bits per heavy atom. The molecule has 0 unspecified atom stereocenters. The average molecular weight is 276 g/mol. The number of nitrogen functional groups attached to an aromatic ring is 1. The van der Waals surface area contributed by atoms with Crippen molar-refractivity contribution in [3.63, 3.8) is 0 Å². The summed E-state index contributed by atoms with van der Waals surface area (Å²) in [5.41, 5.74) is 9.14. The van der Waals surface area contributed by atoms with Crippen molar-refractivity contribution in [2.24, 2.45) is 0 Å². The lowest BCUT2D eigenvalue weighted by Crippen LogP contribution is -1.98. The highest BCUT2D eigenvalue weighted by Gasteiger charge is 2.05. The van der Waals surface area contributed by atoms with Crippen LogP contribution in [0.25, 0.3) is 11.0 Å². The smallest absolute Gasteiger partial charge is 0.141 e. The fourth-order valence-electron chi connectivity index (χ4n) is 2.04. The van der Waals surface area contributed by atoms with Gasteiger partial charge in [-0.2, -0.15) is 0 Å². The maximum absolute atomic E-state index is 13.1. The third kappa shape index (κ3) is 2.27. The van der Waals surface area contributed by atoms with E-state index in [-0.39, 0.29) is 5.02 Å². The molecule has 1 aromatic heterocycles. The van der Waals surface area contributed by atoms with Gasteiger partial charge < -0.3 is 10.3 Å². The first-order valence-corrected chi connectivity index (χ1v) is 6.15. The Kier molecular flexibility index (Phi) is 2.87. The monoisotopic (exact) mass is 275 g/mol. The van der Waals surface area contributed by atoms with Crippen LogP contribution in [0.1, 0.15) is 5.56 Å². The molecule has 0 aliphatic carbocycles. The van der Waals surface area contributed by atoms with Gasteiger partial charge in [0.25, 0.3) is 0 Å². The van der Waals surface area contributed by atoms with Crippen LogP contribution in [0.5, 0.6) is 0 Å². The number of hydrogen-bond donors (Lipinski definition) is 1. The predicted octanol–water partition coefficient (Wildman–Crippen LogP) is 3.46. The molecule has 0 saturated carbocycles. The largest absolute Gasteiger partial charge is 0.399 e. The molecule has 5 heteroatoms. The summed E-state index contributed by atoms with van der Waals surface area (Å²) in [7, 11) is 0. The van der Waals surface area contributed by atoms with E-state index in [4.69, 9.17) is 17.3 Å². The summed E-state index contributed by atoms with van der Waals surface area (Å²) in [5, 5.41) is 0.131.